The van der Waals surface area contributed by atoms with Gasteiger partial charge in [0.1, 0.15) is 0 Å². The molecule has 0 spiro atoms. The molecule has 0 unspecified atom stereocenters. The average Bonchev–Trinajstić information content (AvgIpc) is 2.03. The summed E-state index contributed by atoms with van der Waals surface area (Å²) in [7, 11) is 0. The molecule has 1 fully saturated rings. The number of benzene rings is 1. The first kappa shape index (κ1) is 9.01. The largest absolute Gasteiger partial charge is 0.197 e. The van der Waals surface area contributed by atoms with Crippen LogP contribution in [0.15, 0.2) is 24.3 Å². The molecule has 0 aromatic heterocycles. The first-order valence-electron chi connectivity index (χ1n) is 4.44. The van der Waals surface area contributed by atoms with E-state index in [1.54, 1.807) is 0 Å². The third kappa shape index (κ3) is 1.46. The van der Waals surface area contributed by atoms with Gasteiger partial charge in [0, 0.05) is 3.57 Å². The lowest BCUT2D eigenvalue weighted by Gasteiger charge is -2.35. The predicted molar refractivity (Wildman–Crippen MR) is 60.3 cm³/mol. The van der Waals surface area contributed by atoms with Gasteiger partial charge in [-0.1, -0.05) is 12.1 Å². The molecule has 1 aliphatic carbocycles. The normalized spacial score (nSPS) is 18.8. The van der Waals surface area contributed by atoms with Crippen molar-refractivity contribution in [3.8, 4) is 6.07 Å². The third-order valence-corrected chi connectivity index (χ3v) is 3.47. The molecule has 2 heteroatoms. The summed E-state index contributed by atoms with van der Waals surface area (Å²) in [4.78, 5) is 0. The van der Waals surface area contributed by atoms with Crippen LogP contribution in [-0.2, 0) is 5.41 Å². The summed E-state index contributed by atoms with van der Waals surface area (Å²) in [6.45, 7) is 0. The molecule has 66 valence electrons. The molecule has 0 bridgehead atoms. The Bertz CT molecular complexity index is 361. The van der Waals surface area contributed by atoms with Gasteiger partial charge in [-0.15, -0.1) is 0 Å². The Morgan fingerprint density at radius 3 is 2.62 bits per heavy atom. The molecule has 0 radical (unpaired) electrons. The quantitative estimate of drug-likeness (QED) is 0.726. The summed E-state index contributed by atoms with van der Waals surface area (Å²) >= 11 is 2.29. The van der Waals surface area contributed by atoms with Gasteiger partial charge in [0.2, 0.25) is 0 Å². The number of rotatable bonds is 1. The van der Waals surface area contributed by atoms with Gasteiger partial charge in [-0.05, 0) is 59.5 Å². The monoisotopic (exact) mass is 283 g/mol. The molecule has 1 aliphatic rings. The Morgan fingerprint density at radius 1 is 1.38 bits per heavy atom. The molecule has 0 heterocycles. The highest BCUT2D eigenvalue weighted by atomic mass is 127. The molecule has 1 saturated carbocycles. The van der Waals surface area contributed by atoms with Crippen LogP contribution >= 0.6 is 22.6 Å². The Labute approximate surface area is 91.9 Å². The van der Waals surface area contributed by atoms with E-state index in [2.05, 4.69) is 46.9 Å². The Morgan fingerprint density at radius 2 is 2.15 bits per heavy atom. The van der Waals surface area contributed by atoms with Gasteiger partial charge in [0.05, 0.1) is 11.5 Å². The van der Waals surface area contributed by atoms with Crippen LogP contribution < -0.4 is 0 Å². The highest BCUT2D eigenvalue weighted by Crippen LogP contribution is 2.43. The van der Waals surface area contributed by atoms with E-state index >= 15 is 0 Å². The second-order valence-corrected chi connectivity index (χ2v) is 4.80. The maximum Gasteiger partial charge on any atom is 0.0822 e. The smallest absolute Gasteiger partial charge is 0.0822 e. The predicted octanol–water partition coefficient (Wildman–Crippen LogP) is 3.24. The fraction of sp³-hybridized carbons (Fsp3) is 0.364. The van der Waals surface area contributed by atoms with Crippen LogP contribution in [0, 0.1) is 14.9 Å². The minimum absolute atomic E-state index is 0.152. The fourth-order valence-electron chi connectivity index (χ4n) is 1.78. The van der Waals surface area contributed by atoms with Crippen LogP contribution in [0.4, 0.5) is 0 Å². The highest BCUT2D eigenvalue weighted by Gasteiger charge is 2.38. The van der Waals surface area contributed by atoms with E-state index in [0.717, 1.165) is 12.8 Å². The molecule has 1 nitrogen and oxygen atoms in total. The van der Waals surface area contributed by atoms with Crippen LogP contribution in [0.2, 0.25) is 0 Å². The van der Waals surface area contributed by atoms with Gasteiger partial charge in [0.15, 0.2) is 0 Å². The molecule has 1 aromatic rings. The maximum atomic E-state index is 9.13. The second kappa shape index (κ2) is 3.30. The molecule has 0 N–H and O–H groups in total. The van der Waals surface area contributed by atoms with E-state index in [0.29, 0.717) is 0 Å². The maximum absolute atomic E-state index is 9.13. The SMILES string of the molecule is N#CC1(c2cccc(I)c2)CCC1. The lowest BCUT2D eigenvalue weighted by molar-refractivity contribution is 0.324. The van der Waals surface area contributed by atoms with Crippen molar-refractivity contribution in [2.75, 3.05) is 0 Å². The van der Waals surface area contributed by atoms with E-state index in [1.807, 2.05) is 6.07 Å². The number of nitrogens with zero attached hydrogens (tertiary/aromatic N) is 1. The van der Waals surface area contributed by atoms with Crippen molar-refractivity contribution < 1.29 is 0 Å². The molecular formula is C11H10IN. The minimum Gasteiger partial charge on any atom is -0.197 e. The Balaban J connectivity index is 2.40. The van der Waals surface area contributed by atoms with Crippen LogP contribution in [-0.4, -0.2) is 0 Å². The Kier molecular flexibility index (Phi) is 2.29. The standard InChI is InChI=1S/C11H10IN/c12-10-4-1-3-9(7-10)11(8-13)5-2-6-11/h1,3-4,7H,2,5-6H2. The molecular weight excluding hydrogens is 273 g/mol. The van der Waals surface area contributed by atoms with E-state index in [1.165, 1.54) is 15.6 Å². The summed E-state index contributed by atoms with van der Waals surface area (Å²) < 4.78 is 1.22. The molecule has 2 rings (SSSR count). The van der Waals surface area contributed by atoms with Crippen LogP contribution in [0.25, 0.3) is 0 Å². The number of hydrogen-bond acceptors (Lipinski definition) is 1. The molecule has 0 saturated heterocycles. The van der Waals surface area contributed by atoms with E-state index in [-0.39, 0.29) is 5.41 Å². The summed E-state index contributed by atoms with van der Waals surface area (Å²) in [6.07, 6.45) is 3.26. The topological polar surface area (TPSA) is 23.8 Å². The fourth-order valence-corrected chi connectivity index (χ4v) is 2.32. The number of hydrogen-bond donors (Lipinski definition) is 0. The first-order chi connectivity index (χ1) is 6.27. The Hall–Kier alpha value is -0.560. The zero-order chi connectivity index (χ0) is 9.31. The van der Waals surface area contributed by atoms with E-state index < -0.39 is 0 Å². The molecule has 0 atom stereocenters. The van der Waals surface area contributed by atoms with Crippen molar-refractivity contribution in [1.29, 1.82) is 5.26 Å². The molecule has 0 amide bonds. The molecule has 1 aromatic carbocycles. The van der Waals surface area contributed by atoms with Gasteiger partial charge >= 0.3 is 0 Å². The lowest BCUT2D eigenvalue weighted by atomic mass is 9.66. The van der Waals surface area contributed by atoms with Crippen molar-refractivity contribution >= 4 is 22.6 Å². The van der Waals surface area contributed by atoms with Gasteiger partial charge in [0.25, 0.3) is 0 Å². The van der Waals surface area contributed by atoms with Gasteiger partial charge in [-0.25, -0.2) is 0 Å². The highest BCUT2D eigenvalue weighted by molar-refractivity contribution is 14.1. The van der Waals surface area contributed by atoms with Crippen LogP contribution in [0.1, 0.15) is 24.8 Å². The third-order valence-electron chi connectivity index (χ3n) is 2.80. The molecule has 13 heavy (non-hydrogen) atoms. The first-order valence-corrected chi connectivity index (χ1v) is 5.52. The summed E-state index contributed by atoms with van der Waals surface area (Å²) in [5.74, 6) is 0. The molecule has 0 aliphatic heterocycles. The van der Waals surface area contributed by atoms with Crippen molar-refractivity contribution in [3.63, 3.8) is 0 Å². The number of nitriles is 1. The lowest BCUT2D eigenvalue weighted by Crippen LogP contribution is -2.32. The summed E-state index contributed by atoms with van der Waals surface area (Å²) in [5.41, 5.74) is 1.05. The van der Waals surface area contributed by atoms with E-state index in [9.17, 15) is 0 Å². The van der Waals surface area contributed by atoms with Crippen molar-refractivity contribution in [1.82, 2.24) is 0 Å². The van der Waals surface area contributed by atoms with Crippen LogP contribution in [0.5, 0.6) is 0 Å². The second-order valence-electron chi connectivity index (χ2n) is 3.56. The van der Waals surface area contributed by atoms with Gasteiger partial charge in [-0.3, -0.25) is 0 Å². The van der Waals surface area contributed by atoms with Crippen molar-refractivity contribution in [2.24, 2.45) is 0 Å². The minimum atomic E-state index is -0.152. The zero-order valence-electron chi connectivity index (χ0n) is 7.26. The van der Waals surface area contributed by atoms with Gasteiger partial charge < -0.3 is 0 Å². The summed E-state index contributed by atoms with van der Waals surface area (Å²) in [6, 6.07) is 10.8. The summed E-state index contributed by atoms with van der Waals surface area (Å²) in [5, 5.41) is 9.13. The number of halogens is 1. The zero-order valence-corrected chi connectivity index (χ0v) is 9.41. The average molecular weight is 283 g/mol. The van der Waals surface area contributed by atoms with Gasteiger partial charge in [-0.2, -0.15) is 5.26 Å². The van der Waals surface area contributed by atoms with Crippen molar-refractivity contribution in [3.05, 3.63) is 33.4 Å². The van der Waals surface area contributed by atoms with Crippen molar-refractivity contribution in [2.45, 2.75) is 24.7 Å². The van der Waals surface area contributed by atoms with Crippen LogP contribution in [0.3, 0.4) is 0 Å². The van der Waals surface area contributed by atoms with E-state index in [4.69, 9.17) is 5.26 Å².